The molecule has 1 aliphatic rings. The summed E-state index contributed by atoms with van der Waals surface area (Å²) in [5.41, 5.74) is 8.26. The third kappa shape index (κ3) is 5.92. The molecule has 0 bridgehead atoms. The van der Waals surface area contributed by atoms with Gasteiger partial charge in [0.1, 0.15) is 0 Å². The van der Waals surface area contributed by atoms with Gasteiger partial charge in [0.15, 0.2) is 5.79 Å². The summed E-state index contributed by atoms with van der Waals surface area (Å²) in [6.07, 6.45) is 1.14. The molecule has 1 rings (SSSR count). The molecule has 0 radical (unpaired) electrons. The van der Waals surface area contributed by atoms with Crippen molar-refractivity contribution in [1.82, 2.24) is 0 Å². The maximum atomic E-state index is 11.5. The second-order valence-electron chi connectivity index (χ2n) is 4.87. The standard InChI is InChI=1S/C12H21N3O4/c1-4-17-11(16)8-10-7-9(5-6-14-15-13)18-12(2,3)19-10/h9-10H,4-8H2,1-3H3/t9-,10-/m0/s1. The summed E-state index contributed by atoms with van der Waals surface area (Å²) < 4.78 is 16.4. The van der Waals surface area contributed by atoms with E-state index in [1.54, 1.807) is 6.92 Å². The Balaban J connectivity index is 2.52. The molecule has 0 aromatic carbocycles. The summed E-state index contributed by atoms with van der Waals surface area (Å²) in [6.45, 7) is 6.14. The minimum atomic E-state index is -0.740. The van der Waals surface area contributed by atoms with Gasteiger partial charge < -0.3 is 14.2 Å². The Kier molecular flexibility index (Phi) is 6.08. The molecule has 0 aromatic heterocycles. The van der Waals surface area contributed by atoms with Crippen LogP contribution in [0.4, 0.5) is 0 Å². The van der Waals surface area contributed by atoms with Crippen molar-refractivity contribution in [2.45, 2.75) is 58.0 Å². The van der Waals surface area contributed by atoms with E-state index in [0.717, 1.165) is 0 Å². The number of azide groups is 1. The lowest BCUT2D eigenvalue weighted by atomic mass is 10.0. The highest BCUT2D eigenvalue weighted by atomic mass is 16.7. The number of hydrogen-bond donors (Lipinski definition) is 0. The Morgan fingerprint density at radius 2 is 2.16 bits per heavy atom. The maximum Gasteiger partial charge on any atom is 0.308 e. The summed E-state index contributed by atoms with van der Waals surface area (Å²) in [6, 6.07) is 0. The van der Waals surface area contributed by atoms with Gasteiger partial charge in [-0.05, 0) is 32.7 Å². The van der Waals surface area contributed by atoms with Gasteiger partial charge in [0.25, 0.3) is 0 Å². The second kappa shape index (κ2) is 7.33. The number of carbonyl (C=O) groups excluding carboxylic acids is 1. The maximum absolute atomic E-state index is 11.5. The highest BCUT2D eigenvalue weighted by molar-refractivity contribution is 5.69. The first-order valence-corrected chi connectivity index (χ1v) is 6.49. The van der Waals surface area contributed by atoms with Gasteiger partial charge >= 0.3 is 5.97 Å². The largest absolute Gasteiger partial charge is 0.466 e. The normalized spacial score (nSPS) is 25.4. The number of ether oxygens (including phenoxy) is 3. The molecule has 7 nitrogen and oxygen atoms in total. The summed E-state index contributed by atoms with van der Waals surface area (Å²) in [4.78, 5) is 14.2. The molecule has 19 heavy (non-hydrogen) atoms. The molecular formula is C12H21N3O4. The van der Waals surface area contributed by atoms with Gasteiger partial charge in [0.05, 0.1) is 25.2 Å². The Morgan fingerprint density at radius 3 is 2.79 bits per heavy atom. The van der Waals surface area contributed by atoms with Crippen LogP contribution in [-0.4, -0.2) is 37.1 Å². The zero-order chi connectivity index (χ0) is 14.3. The summed E-state index contributed by atoms with van der Waals surface area (Å²) >= 11 is 0. The minimum Gasteiger partial charge on any atom is -0.466 e. The molecule has 1 heterocycles. The lowest BCUT2D eigenvalue weighted by Gasteiger charge is -2.40. The third-order valence-electron chi connectivity index (χ3n) is 2.74. The summed E-state index contributed by atoms with van der Waals surface area (Å²) in [5.74, 6) is -1.00. The predicted molar refractivity (Wildman–Crippen MR) is 68.3 cm³/mol. The van der Waals surface area contributed by atoms with Crippen molar-refractivity contribution in [2.75, 3.05) is 13.2 Å². The second-order valence-corrected chi connectivity index (χ2v) is 4.87. The SMILES string of the molecule is CCOC(=O)C[C@@H]1C[C@H](CCN=[N+]=[N-])OC(C)(C)O1. The molecule has 0 spiro atoms. The van der Waals surface area contributed by atoms with Gasteiger partial charge in [0, 0.05) is 17.9 Å². The van der Waals surface area contributed by atoms with Gasteiger partial charge in [-0.15, -0.1) is 0 Å². The molecule has 2 atom stereocenters. The summed E-state index contributed by atoms with van der Waals surface area (Å²) in [7, 11) is 0. The molecule has 0 aromatic rings. The summed E-state index contributed by atoms with van der Waals surface area (Å²) in [5, 5.41) is 3.50. The van der Waals surface area contributed by atoms with Gasteiger partial charge in [-0.1, -0.05) is 5.11 Å². The van der Waals surface area contributed by atoms with E-state index in [1.165, 1.54) is 0 Å². The predicted octanol–water partition coefficient (Wildman–Crippen LogP) is 2.55. The van der Waals surface area contributed by atoms with Crippen molar-refractivity contribution in [3.63, 3.8) is 0 Å². The fourth-order valence-electron chi connectivity index (χ4n) is 2.17. The average molecular weight is 271 g/mol. The van der Waals surface area contributed by atoms with E-state index in [1.807, 2.05) is 13.8 Å². The highest BCUT2D eigenvalue weighted by Crippen LogP contribution is 2.29. The van der Waals surface area contributed by atoms with Crippen LogP contribution < -0.4 is 0 Å². The monoisotopic (exact) mass is 271 g/mol. The molecule has 1 aliphatic heterocycles. The molecule has 7 heteroatoms. The Morgan fingerprint density at radius 1 is 1.47 bits per heavy atom. The van der Waals surface area contributed by atoms with Gasteiger partial charge in [-0.2, -0.15) is 0 Å². The quantitative estimate of drug-likeness (QED) is 0.321. The van der Waals surface area contributed by atoms with E-state index in [0.29, 0.717) is 26.0 Å². The van der Waals surface area contributed by atoms with Crippen LogP contribution in [0.1, 0.15) is 40.0 Å². The van der Waals surface area contributed by atoms with E-state index >= 15 is 0 Å². The van der Waals surface area contributed by atoms with Gasteiger partial charge in [-0.25, -0.2) is 0 Å². The zero-order valence-corrected chi connectivity index (χ0v) is 11.7. The lowest BCUT2D eigenvalue weighted by Crippen LogP contribution is -2.45. The average Bonchev–Trinajstić information content (AvgIpc) is 2.27. The van der Waals surface area contributed by atoms with E-state index in [9.17, 15) is 4.79 Å². The third-order valence-corrected chi connectivity index (χ3v) is 2.74. The lowest BCUT2D eigenvalue weighted by molar-refractivity contribution is -0.300. The van der Waals surface area contributed by atoms with Crippen LogP contribution in [0.5, 0.6) is 0 Å². The highest BCUT2D eigenvalue weighted by Gasteiger charge is 2.36. The van der Waals surface area contributed by atoms with Crippen molar-refractivity contribution < 1.29 is 19.0 Å². The van der Waals surface area contributed by atoms with Crippen molar-refractivity contribution in [2.24, 2.45) is 5.11 Å². The van der Waals surface area contributed by atoms with Crippen LogP contribution in [0.2, 0.25) is 0 Å². The molecule has 0 unspecified atom stereocenters. The Labute approximate surface area is 112 Å². The van der Waals surface area contributed by atoms with Crippen molar-refractivity contribution in [3.8, 4) is 0 Å². The molecule has 0 amide bonds. The molecule has 0 N–H and O–H groups in total. The molecule has 1 fully saturated rings. The molecule has 1 saturated heterocycles. The first-order valence-electron chi connectivity index (χ1n) is 6.49. The van der Waals surface area contributed by atoms with Crippen molar-refractivity contribution >= 4 is 5.97 Å². The first kappa shape index (κ1) is 15.8. The van der Waals surface area contributed by atoms with E-state index < -0.39 is 5.79 Å². The number of carbonyl (C=O) groups is 1. The molecular weight excluding hydrogens is 250 g/mol. The van der Waals surface area contributed by atoms with Crippen molar-refractivity contribution in [1.29, 1.82) is 0 Å². The van der Waals surface area contributed by atoms with Crippen LogP contribution in [-0.2, 0) is 19.0 Å². The smallest absolute Gasteiger partial charge is 0.308 e. The topological polar surface area (TPSA) is 93.5 Å². The van der Waals surface area contributed by atoms with Gasteiger partial charge in [-0.3, -0.25) is 4.79 Å². The van der Waals surface area contributed by atoms with E-state index in [2.05, 4.69) is 10.0 Å². The number of nitrogens with zero attached hydrogens (tertiary/aromatic N) is 3. The molecule has 0 aliphatic carbocycles. The van der Waals surface area contributed by atoms with Crippen LogP contribution in [0.15, 0.2) is 5.11 Å². The van der Waals surface area contributed by atoms with Crippen LogP contribution in [0.3, 0.4) is 0 Å². The number of hydrogen-bond acceptors (Lipinski definition) is 5. The Hall–Kier alpha value is -1.30. The fraction of sp³-hybridized carbons (Fsp3) is 0.917. The molecule has 0 saturated carbocycles. The Bertz CT molecular complexity index is 353. The first-order chi connectivity index (χ1) is 8.96. The van der Waals surface area contributed by atoms with E-state index in [-0.39, 0.29) is 24.6 Å². The minimum absolute atomic E-state index is 0.0753. The van der Waals surface area contributed by atoms with Crippen LogP contribution in [0.25, 0.3) is 10.4 Å². The van der Waals surface area contributed by atoms with E-state index in [4.69, 9.17) is 19.7 Å². The van der Waals surface area contributed by atoms with Crippen LogP contribution >= 0.6 is 0 Å². The van der Waals surface area contributed by atoms with Gasteiger partial charge in [0.2, 0.25) is 0 Å². The number of rotatable bonds is 6. The molecule has 108 valence electrons. The van der Waals surface area contributed by atoms with Crippen molar-refractivity contribution in [3.05, 3.63) is 10.4 Å². The number of esters is 1. The zero-order valence-electron chi connectivity index (χ0n) is 11.7. The van der Waals surface area contributed by atoms with Crippen LogP contribution in [0, 0.1) is 0 Å². The fourth-order valence-corrected chi connectivity index (χ4v) is 2.17.